The van der Waals surface area contributed by atoms with Crippen LogP contribution in [0.1, 0.15) is 40.5 Å². The molecule has 0 bridgehead atoms. The van der Waals surface area contributed by atoms with Gasteiger partial charge in [0.25, 0.3) is 0 Å². The van der Waals surface area contributed by atoms with Gasteiger partial charge >= 0.3 is 0 Å². The summed E-state index contributed by atoms with van der Waals surface area (Å²) in [6.07, 6.45) is 1.84. The lowest BCUT2D eigenvalue weighted by Crippen LogP contribution is -2.63. The van der Waals surface area contributed by atoms with Crippen molar-refractivity contribution in [2.75, 3.05) is 7.11 Å². The van der Waals surface area contributed by atoms with E-state index in [0.717, 1.165) is 12.8 Å². The van der Waals surface area contributed by atoms with Crippen LogP contribution in [-0.2, 0) is 9.53 Å². The van der Waals surface area contributed by atoms with E-state index in [1.807, 2.05) is 0 Å². The van der Waals surface area contributed by atoms with E-state index in [4.69, 9.17) is 10.5 Å². The summed E-state index contributed by atoms with van der Waals surface area (Å²) in [7, 11) is 1.72. The Labute approximate surface area is 104 Å². The first kappa shape index (κ1) is 14.5. The van der Waals surface area contributed by atoms with Gasteiger partial charge in [0.15, 0.2) is 0 Å². The topological polar surface area (TPSA) is 64.3 Å². The van der Waals surface area contributed by atoms with Crippen molar-refractivity contribution in [3.05, 3.63) is 0 Å². The van der Waals surface area contributed by atoms with Crippen molar-refractivity contribution in [2.24, 2.45) is 17.1 Å². The maximum atomic E-state index is 11.9. The van der Waals surface area contributed by atoms with E-state index in [1.54, 1.807) is 7.11 Å². The highest BCUT2D eigenvalue weighted by Crippen LogP contribution is 2.42. The molecule has 3 N–H and O–H groups in total. The van der Waals surface area contributed by atoms with Crippen LogP contribution in [0.5, 0.6) is 0 Å². The van der Waals surface area contributed by atoms with Crippen molar-refractivity contribution < 1.29 is 9.53 Å². The lowest BCUT2D eigenvalue weighted by molar-refractivity contribution is -0.134. The molecule has 100 valence electrons. The summed E-state index contributed by atoms with van der Waals surface area (Å²) in [5.74, 6) is 0.406. The average molecular weight is 242 g/mol. The van der Waals surface area contributed by atoms with Gasteiger partial charge in [-0.3, -0.25) is 4.79 Å². The number of ether oxygens (including phenoxy) is 1. The zero-order chi connectivity index (χ0) is 13.2. The van der Waals surface area contributed by atoms with Crippen LogP contribution in [0, 0.1) is 11.3 Å². The van der Waals surface area contributed by atoms with E-state index >= 15 is 0 Å². The molecule has 0 aliphatic heterocycles. The summed E-state index contributed by atoms with van der Waals surface area (Å²) in [6, 6.07) is -0.217. The van der Waals surface area contributed by atoms with E-state index in [9.17, 15) is 4.79 Å². The normalized spacial score (nSPS) is 28.6. The molecular weight excluding hydrogens is 216 g/mol. The van der Waals surface area contributed by atoms with Gasteiger partial charge in [0, 0.05) is 18.6 Å². The maximum absolute atomic E-state index is 11.9. The lowest BCUT2D eigenvalue weighted by atomic mass is 9.64. The third-order valence-corrected chi connectivity index (χ3v) is 3.84. The molecule has 1 rings (SSSR count). The predicted molar refractivity (Wildman–Crippen MR) is 68.6 cm³/mol. The number of carbonyl (C=O) groups is 1. The van der Waals surface area contributed by atoms with Crippen LogP contribution in [0.2, 0.25) is 0 Å². The molecule has 1 amide bonds. The van der Waals surface area contributed by atoms with Gasteiger partial charge in [0.2, 0.25) is 5.91 Å². The van der Waals surface area contributed by atoms with E-state index in [1.165, 1.54) is 0 Å². The predicted octanol–water partition coefficient (Wildman–Crippen LogP) is 1.29. The molecule has 4 heteroatoms. The number of rotatable bonds is 5. The molecule has 0 heterocycles. The molecule has 1 fully saturated rings. The van der Waals surface area contributed by atoms with Gasteiger partial charge in [-0.1, -0.05) is 27.7 Å². The highest BCUT2D eigenvalue weighted by molar-refractivity contribution is 5.82. The first-order chi connectivity index (χ1) is 7.78. The smallest absolute Gasteiger partial charge is 0.237 e. The first-order valence-corrected chi connectivity index (χ1v) is 6.37. The van der Waals surface area contributed by atoms with Crippen LogP contribution < -0.4 is 11.1 Å². The molecule has 3 atom stereocenters. The molecule has 3 unspecified atom stereocenters. The standard InChI is InChI=1S/C13H26N2O2/c1-8(2)6-9(14)12(16)15-10-7-11(17-5)13(10,3)4/h8-11H,6-7,14H2,1-5H3,(H,15,16). The molecule has 1 saturated carbocycles. The van der Waals surface area contributed by atoms with Crippen LogP contribution in [0.4, 0.5) is 0 Å². The van der Waals surface area contributed by atoms with Gasteiger partial charge in [0.1, 0.15) is 0 Å². The first-order valence-electron chi connectivity index (χ1n) is 6.37. The Hall–Kier alpha value is -0.610. The van der Waals surface area contributed by atoms with Gasteiger partial charge in [-0.25, -0.2) is 0 Å². The number of hydrogen-bond acceptors (Lipinski definition) is 3. The molecular formula is C13H26N2O2. The maximum Gasteiger partial charge on any atom is 0.237 e. The van der Waals surface area contributed by atoms with E-state index in [-0.39, 0.29) is 23.5 Å². The minimum atomic E-state index is -0.396. The Bertz CT molecular complexity index is 277. The highest BCUT2D eigenvalue weighted by atomic mass is 16.5. The molecule has 4 nitrogen and oxygen atoms in total. The number of methoxy groups -OCH3 is 1. The third kappa shape index (κ3) is 3.19. The fourth-order valence-electron chi connectivity index (χ4n) is 2.42. The Kier molecular flexibility index (Phi) is 4.55. The third-order valence-electron chi connectivity index (χ3n) is 3.84. The molecule has 0 aromatic rings. The number of nitrogens with one attached hydrogen (secondary N) is 1. The minimum absolute atomic E-state index is 0.00195. The van der Waals surface area contributed by atoms with E-state index in [2.05, 4.69) is 33.0 Å². The van der Waals surface area contributed by atoms with Crippen molar-refractivity contribution in [3.63, 3.8) is 0 Å². The fraction of sp³-hybridized carbons (Fsp3) is 0.923. The van der Waals surface area contributed by atoms with Gasteiger partial charge in [0.05, 0.1) is 12.1 Å². The van der Waals surface area contributed by atoms with Crippen molar-refractivity contribution in [1.82, 2.24) is 5.32 Å². The molecule has 17 heavy (non-hydrogen) atoms. The highest BCUT2D eigenvalue weighted by Gasteiger charge is 2.49. The zero-order valence-corrected chi connectivity index (χ0v) is 11.6. The van der Waals surface area contributed by atoms with E-state index in [0.29, 0.717) is 5.92 Å². The van der Waals surface area contributed by atoms with Gasteiger partial charge in [-0.2, -0.15) is 0 Å². The summed E-state index contributed by atoms with van der Waals surface area (Å²) in [5, 5.41) is 3.03. The Morgan fingerprint density at radius 3 is 2.53 bits per heavy atom. The number of nitrogens with two attached hydrogens (primary N) is 1. The summed E-state index contributed by atoms with van der Waals surface area (Å²) >= 11 is 0. The molecule has 0 saturated heterocycles. The van der Waals surface area contributed by atoms with Gasteiger partial charge in [-0.05, 0) is 18.8 Å². The molecule has 0 aromatic carbocycles. The van der Waals surface area contributed by atoms with Crippen molar-refractivity contribution in [2.45, 2.75) is 58.7 Å². The monoisotopic (exact) mass is 242 g/mol. The molecule has 0 aromatic heterocycles. The quantitative estimate of drug-likeness (QED) is 0.763. The summed E-state index contributed by atoms with van der Waals surface area (Å²) in [4.78, 5) is 11.9. The largest absolute Gasteiger partial charge is 0.381 e. The van der Waals surface area contributed by atoms with Crippen molar-refractivity contribution in [1.29, 1.82) is 0 Å². The number of carbonyl (C=O) groups excluding carboxylic acids is 1. The van der Waals surface area contributed by atoms with Crippen LogP contribution in [0.15, 0.2) is 0 Å². The molecule has 0 spiro atoms. The average Bonchev–Trinajstić information content (AvgIpc) is 2.22. The second-order valence-corrected chi connectivity index (χ2v) is 6.08. The Balaban J connectivity index is 2.43. The van der Waals surface area contributed by atoms with Crippen LogP contribution in [-0.4, -0.2) is 31.2 Å². The zero-order valence-electron chi connectivity index (χ0n) is 11.6. The van der Waals surface area contributed by atoms with Crippen LogP contribution >= 0.6 is 0 Å². The van der Waals surface area contributed by atoms with Crippen molar-refractivity contribution in [3.8, 4) is 0 Å². The van der Waals surface area contributed by atoms with Gasteiger partial charge in [-0.15, -0.1) is 0 Å². The summed E-state index contributed by atoms with van der Waals surface area (Å²) < 4.78 is 5.36. The molecule has 0 radical (unpaired) electrons. The number of hydrogen-bond donors (Lipinski definition) is 2. The number of amides is 1. The van der Waals surface area contributed by atoms with E-state index < -0.39 is 6.04 Å². The minimum Gasteiger partial charge on any atom is -0.381 e. The second-order valence-electron chi connectivity index (χ2n) is 6.08. The second kappa shape index (κ2) is 5.36. The van der Waals surface area contributed by atoms with Gasteiger partial charge < -0.3 is 15.8 Å². The fourth-order valence-corrected chi connectivity index (χ4v) is 2.42. The SMILES string of the molecule is COC1CC(NC(=O)C(N)CC(C)C)C1(C)C. The van der Waals surface area contributed by atoms with Crippen LogP contribution in [0.25, 0.3) is 0 Å². The van der Waals surface area contributed by atoms with Crippen LogP contribution in [0.3, 0.4) is 0 Å². The lowest BCUT2D eigenvalue weighted by Gasteiger charge is -2.51. The summed E-state index contributed by atoms with van der Waals surface area (Å²) in [5.41, 5.74) is 5.86. The molecule has 1 aliphatic rings. The summed E-state index contributed by atoms with van der Waals surface area (Å²) in [6.45, 7) is 8.37. The molecule has 1 aliphatic carbocycles. The Morgan fingerprint density at radius 1 is 1.53 bits per heavy atom. The van der Waals surface area contributed by atoms with Crippen molar-refractivity contribution >= 4 is 5.91 Å². The Morgan fingerprint density at radius 2 is 2.12 bits per heavy atom.